The van der Waals surface area contributed by atoms with E-state index in [1.54, 1.807) is 8.61 Å². The predicted octanol–water partition coefficient (Wildman–Crippen LogP) is 2.06. The molecule has 0 amide bonds. The lowest BCUT2D eigenvalue weighted by Gasteiger charge is -2.27. The molecule has 1 aromatic carbocycles. The van der Waals surface area contributed by atoms with Crippen LogP contribution >= 0.6 is 0 Å². The molecule has 0 saturated carbocycles. The van der Waals surface area contributed by atoms with E-state index < -0.39 is 10.2 Å². The highest BCUT2D eigenvalue weighted by Crippen LogP contribution is 2.36. The Kier molecular flexibility index (Phi) is 4.60. The van der Waals surface area contributed by atoms with Crippen molar-refractivity contribution in [1.29, 1.82) is 0 Å². The second kappa shape index (κ2) is 7.00. The Balaban J connectivity index is 1.30. The second-order valence-electron chi connectivity index (χ2n) is 8.52. The number of para-hydroxylation sites is 2. The normalized spacial score (nSPS) is 27.4. The van der Waals surface area contributed by atoms with Crippen LogP contribution in [0.3, 0.4) is 0 Å². The Bertz CT molecular complexity index is 950. The van der Waals surface area contributed by atoms with E-state index in [0.29, 0.717) is 38.0 Å². The molecule has 2 atom stereocenters. The fourth-order valence-electron chi connectivity index (χ4n) is 5.15. The monoisotopic (exact) mass is 403 g/mol. The summed E-state index contributed by atoms with van der Waals surface area (Å²) in [6.45, 7) is 4.41. The third kappa shape index (κ3) is 3.02. The van der Waals surface area contributed by atoms with Gasteiger partial charge in [0.15, 0.2) is 0 Å². The summed E-state index contributed by atoms with van der Waals surface area (Å²) in [6, 6.07) is 8.20. The molecule has 5 rings (SSSR count). The van der Waals surface area contributed by atoms with E-state index >= 15 is 0 Å². The topological polar surface area (TPSA) is 61.7 Å². The van der Waals surface area contributed by atoms with Gasteiger partial charge in [-0.2, -0.15) is 17.0 Å². The zero-order valence-corrected chi connectivity index (χ0v) is 17.3. The first-order valence-electron chi connectivity index (χ1n) is 10.5. The smallest absolute Gasteiger partial charge is 0.281 e. The minimum atomic E-state index is -3.31. The molecule has 0 spiro atoms. The van der Waals surface area contributed by atoms with Gasteiger partial charge in [0.05, 0.1) is 11.0 Å². The van der Waals surface area contributed by atoms with E-state index in [4.69, 9.17) is 4.98 Å². The lowest BCUT2D eigenvalue weighted by Crippen LogP contribution is -2.44. The number of hydrogen-bond acceptors (Lipinski definition) is 4. The molecule has 7 nitrogen and oxygen atoms in total. The van der Waals surface area contributed by atoms with Gasteiger partial charge in [0.2, 0.25) is 5.95 Å². The van der Waals surface area contributed by atoms with Gasteiger partial charge in [0.25, 0.3) is 10.2 Å². The molecule has 28 heavy (non-hydrogen) atoms. The van der Waals surface area contributed by atoms with Crippen LogP contribution in [-0.2, 0) is 17.3 Å². The molecule has 3 fully saturated rings. The zero-order valence-electron chi connectivity index (χ0n) is 16.5. The summed E-state index contributed by atoms with van der Waals surface area (Å²) < 4.78 is 31.9. The van der Waals surface area contributed by atoms with Crippen LogP contribution in [0.25, 0.3) is 11.0 Å². The molecule has 8 heteroatoms. The summed E-state index contributed by atoms with van der Waals surface area (Å²) in [6.07, 6.45) is 4.26. The van der Waals surface area contributed by atoms with Crippen molar-refractivity contribution in [2.24, 2.45) is 18.9 Å². The average Bonchev–Trinajstić information content (AvgIpc) is 3.26. The Morgan fingerprint density at radius 1 is 0.893 bits per heavy atom. The predicted molar refractivity (Wildman–Crippen MR) is 110 cm³/mol. The van der Waals surface area contributed by atoms with Crippen molar-refractivity contribution in [3.8, 4) is 0 Å². The van der Waals surface area contributed by atoms with E-state index in [0.717, 1.165) is 55.8 Å². The fraction of sp³-hybridized carbons (Fsp3) is 0.650. The third-order valence-electron chi connectivity index (χ3n) is 6.72. The number of imidazole rings is 1. The minimum Gasteiger partial charge on any atom is -0.342 e. The molecule has 0 bridgehead atoms. The van der Waals surface area contributed by atoms with Crippen LogP contribution in [0.5, 0.6) is 0 Å². The number of hydrogen-bond donors (Lipinski definition) is 0. The summed E-state index contributed by atoms with van der Waals surface area (Å²) in [7, 11) is -1.25. The van der Waals surface area contributed by atoms with Crippen LogP contribution in [-0.4, -0.2) is 65.8 Å². The fourth-order valence-corrected chi connectivity index (χ4v) is 6.96. The van der Waals surface area contributed by atoms with Crippen LogP contribution in [0.4, 0.5) is 5.95 Å². The molecule has 1 aromatic heterocycles. The number of benzene rings is 1. The Hall–Kier alpha value is -1.64. The molecule has 3 saturated heterocycles. The van der Waals surface area contributed by atoms with Gasteiger partial charge in [0.1, 0.15) is 0 Å². The number of fused-ring (bicyclic) bond motifs is 2. The summed E-state index contributed by atoms with van der Waals surface area (Å²) >= 11 is 0. The molecule has 0 N–H and O–H groups in total. The van der Waals surface area contributed by atoms with Gasteiger partial charge in [0, 0.05) is 46.3 Å². The molecular formula is C20H29N5O2S. The van der Waals surface area contributed by atoms with Crippen LogP contribution < -0.4 is 4.90 Å². The number of aromatic nitrogens is 2. The maximum atomic E-state index is 13.1. The largest absolute Gasteiger partial charge is 0.342 e. The second-order valence-corrected chi connectivity index (χ2v) is 10.5. The third-order valence-corrected chi connectivity index (χ3v) is 8.69. The number of aryl methyl sites for hydroxylation is 1. The van der Waals surface area contributed by atoms with Crippen LogP contribution in [0.1, 0.15) is 25.7 Å². The number of anilines is 1. The molecule has 0 aliphatic carbocycles. The van der Waals surface area contributed by atoms with Crippen molar-refractivity contribution in [2.75, 3.05) is 44.2 Å². The van der Waals surface area contributed by atoms with Crippen molar-refractivity contribution >= 4 is 27.2 Å². The van der Waals surface area contributed by atoms with E-state index in [1.807, 2.05) is 18.2 Å². The summed E-state index contributed by atoms with van der Waals surface area (Å²) in [5.41, 5.74) is 2.15. The molecule has 3 aliphatic heterocycles. The van der Waals surface area contributed by atoms with Crippen LogP contribution in [0, 0.1) is 11.8 Å². The standard InChI is InChI=1S/C20H29N5O2S/c1-22-19-9-5-4-8-18(19)21-20(22)23-12-16-14-25(15-17(16)13-23)28(26,27)24-10-6-2-3-7-11-24/h4-5,8-9,16-17H,2-3,6-7,10-15H2,1H3. The summed E-state index contributed by atoms with van der Waals surface area (Å²) in [4.78, 5) is 7.16. The highest BCUT2D eigenvalue weighted by Gasteiger charge is 2.46. The van der Waals surface area contributed by atoms with Gasteiger partial charge in [-0.15, -0.1) is 0 Å². The van der Waals surface area contributed by atoms with Crippen molar-refractivity contribution < 1.29 is 8.42 Å². The molecule has 4 heterocycles. The molecule has 3 aliphatic rings. The highest BCUT2D eigenvalue weighted by molar-refractivity contribution is 7.86. The Labute approximate surface area is 167 Å². The van der Waals surface area contributed by atoms with Gasteiger partial charge < -0.3 is 9.47 Å². The SMILES string of the molecule is Cn1c(N2CC3CN(S(=O)(=O)N4CCCCCC4)CC3C2)nc2ccccc21. The van der Waals surface area contributed by atoms with E-state index in [-0.39, 0.29) is 0 Å². The number of rotatable bonds is 3. The summed E-state index contributed by atoms with van der Waals surface area (Å²) in [5.74, 6) is 1.78. The molecule has 2 aromatic rings. The van der Waals surface area contributed by atoms with Gasteiger partial charge in [-0.05, 0) is 36.8 Å². The van der Waals surface area contributed by atoms with Crippen molar-refractivity contribution in [1.82, 2.24) is 18.2 Å². The van der Waals surface area contributed by atoms with Gasteiger partial charge in [-0.1, -0.05) is 25.0 Å². The quantitative estimate of drug-likeness (QED) is 0.787. The van der Waals surface area contributed by atoms with Crippen LogP contribution in [0.2, 0.25) is 0 Å². The first-order valence-corrected chi connectivity index (χ1v) is 11.9. The molecule has 2 unspecified atom stereocenters. The maximum absolute atomic E-state index is 13.1. The first kappa shape index (κ1) is 18.4. The Morgan fingerprint density at radius 3 is 2.18 bits per heavy atom. The maximum Gasteiger partial charge on any atom is 0.281 e. The first-order chi connectivity index (χ1) is 13.5. The van der Waals surface area contributed by atoms with Gasteiger partial charge in [-0.25, -0.2) is 4.98 Å². The van der Waals surface area contributed by atoms with E-state index in [1.165, 1.54) is 0 Å². The van der Waals surface area contributed by atoms with Crippen molar-refractivity contribution in [3.05, 3.63) is 24.3 Å². The molecular weight excluding hydrogens is 374 g/mol. The van der Waals surface area contributed by atoms with E-state index in [9.17, 15) is 8.42 Å². The van der Waals surface area contributed by atoms with E-state index in [2.05, 4.69) is 22.6 Å². The highest BCUT2D eigenvalue weighted by atomic mass is 32.2. The summed E-state index contributed by atoms with van der Waals surface area (Å²) in [5, 5.41) is 0. The van der Waals surface area contributed by atoms with Crippen molar-refractivity contribution in [3.63, 3.8) is 0 Å². The lowest BCUT2D eigenvalue weighted by atomic mass is 10.0. The Morgan fingerprint density at radius 2 is 1.54 bits per heavy atom. The van der Waals surface area contributed by atoms with Crippen molar-refractivity contribution in [2.45, 2.75) is 25.7 Å². The van der Waals surface area contributed by atoms with Gasteiger partial charge in [-0.3, -0.25) is 0 Å². The van der Waals surface area contributed by atoms with Crippen LogP contribution in [0.15, 0.2) is 24.3 Å². The molecule has 152 valence electrons. The minimum absolute atomic E-state index is 0.390. The zero-order chi connectivity index (χ0) is 19.3. The average molecular weight is 404 g/mol. The van der Waals surface area contributed by atoms with Gasteiger partial charge >= 0.3 is 0 Å². The lowest BCUT2D eigenvalue weighted by molar-refractivity contribution is 0.359. The number of nitrogens with zero attached hydrogens (tertiary/aromatic N) is 5. The molecule has 0 radical (unpaired) electrons.